The van der Waals surface area contributed by atoms with Crippen molar-refractivity contribution in [3.05, 3.63) is 101 Å². The molecule has 1 amide bonds. The van der Waals surface area contributed by atoms with Crippen LogP contribution < -0.4 is 14.8 Å². The molecule has 0 aliphatic carbocycles. The zero-order valence-corrected chi connectivity index (χ0v) is 18.6. The van der Waals surface area contributed by atoms with Crippen LogP contribution >= 0.6 is 0 Å². The van der Waals surface area contributed by atoms with Crippen LogP contribution in [0.1, 0.15) is 28.3 Å². The van der Waals surface area contributed by atoms with E-state index in [0.717, 1.165) is 34.0 Å². The summed E-state index contributed by atoms with van der Waals surface area (Å²) in [6.45, 7) is 4.50. The minimum Gasteiger partial charge on any atom is -0.489 e. The minimum atomic E-state index is -0.110. The van der Waals surface area contributed by atoms with Crippen LogP contribution in [0.5, 0.6) is 11.5 Å². The van der Waals surface area contributed by atoms with Crippen LogP contribution in [0.4, 0.5) is 5.69 Å². The molecule has 2 aromatic heterocycles. The topological polar surface area (TPSA) is 86.5 Å². The Morgan fingerprint density at radius 1 is 0.939 bits per heavy atom. The van der Waals surface area contributed by atoms with E-state index in [1.807, 2.05) is 74.5 Å². The lowest BCUT2D eigenvalue weighted by atomic mass is 10.1. The summed E-state index contributed by atoms with van der Waals surface area (Å²) < 4.78 is 16.7. The van der Waals surface area contributed by atoms with Crippen molar-refractivity contribution in [2.75, 3.05) is 5.32 Å². The van der Waals surface area contributed by atoms with E-state index in [1.165, 1.54) is 0 Å². The normalized spacial score (nSPS) is 10.6. The second-order valence-corrected chi connectivity index (χ2v) is 7.60. The zero-order chi connectivity index (χ0) is 23.0. The highest BCUT2D eigenvalue weighted by Gasteiger charge is 2.10. The summed E-state index contributed by atoms with van der Waals surface area (Å²) in [5, 5.41) is 6.85. The van der Waals surface area contributed by atoms with Crippen LogP contribution in [0.15, 0.2) is 77.4 Å². The van der Waals surface area contributed by atoms with Gasteiger partial charge in [-0.15, -0.1) is 0 Å². The van der Waals surface area contributed by atoms with Crippen LogP contribution in [0.2, 0.25) is 0 Å². The largest absolute Gasteiger partial charge is 0.489 e. The first-order valence-corrected chi connectivity index (χ1v) is 10.6. The highest BCUT2D eigenvalue weighted by molar-refractivity contribution is 5.92. The Bertz CT molecular complexity index is 1180. The monoisotopic (exact) mass is 443 g/mol. The van der Waals surface area contributed by atoms with Crippen LogP contribution in [-0.4, -0.2) is 16.0 Å². The molecule has 0 fully saturated rings. The van der Waals surface area contributed by atoms with Crippen molar-refractivity contribution < 1.29 is 18.8 Å². The number of amides is 1. The second kappa shape index (κ2) is 10.5. The fourth-order valence-corrected chi connectivity index (χ4v) is 3.26. The van der Waals surface area contributed by atoms with Crippen LogP contribution in [-0.2, 0) is 24.4 Å². The molecule has 0 unspecified atom stereocenters. The molecule has 2 aromatic carbocycles. The number of aromatic nitrogens is 2. The van der Waals surface area contributed by atoms with Gasteiger partial charge in [0.15, 0.2) is 0 Å². The molecule has 4 aromatic rings. The number of carbonyl (C=O) groups excluding carboxylic acids is 1. The molecular formula is C26H25N3O4. The molecule has 33 heavy (non-hydrogen) atoms. The maximum Gasteiger partial charge on any atom is 0.228 e. The summed E-state index contributed by atoms with van der Waals surface area (Å²) >= 11 is 0. The summed E-state index contributed by atoms with van der Waals surface area (Å²) in [4.78, 5) is 16.7. The number of pyridine rings is 1. The number of carbonyl (C=O) groups is 1. The second-order valence-electron chi connectivity index (χ2n) is 7.60. The summed E-state index contributed by atoms with van der Waals surface area (Å²) in [5.74, 6) is 2.03. The van der Waals surface area contributed by atoms with Gasteiger partial charge in [0.2, 0.25) is 5.91 Å². The Morgan fingerprint density at radius 2 is 1.76 bits per heavy atom. The number of rotatable bonds is 9. The number of hydrogen-bond donors (Lipinski definition) is 1. The lowest BCUT2D eigenvalue weighted by Crippen LogP contribution is -2.14. The first-order valence-electron chi connectivity index (χ1n) is 10.6. The van der Waals surface area contributed by atoms with E-state index >= 15 is 0 Å². The molecule has 1 N–H and O–H groups in total. The first kappa shape index (κ1) is 22.1. The number of nitrogens with zero attached hydrogens (tertiary/aromatic N) is 2. The number of anilines is 1. The van der Waals surface area contributed by atoms with Crippen molar-refractivity contribution in [1.29, 1.82) is 0 Å². The number of benzene rings is 2. The van der Waals surface area contributed by atoms with Gasteiger partial charge in [-0.3, -0.25) is 9.78 Å². The summed E-state index contributed by atoms with van der Waals surface area (Å²) in [6, 6.07) is 20.5. The number of hydrogen-bond acceptors (Lipinski definition) is 6. The fraction of sp³-hybridized carbons (Fsp3) is 0.192. The van der Waals surface area contributed by atoms with Crippen LogP contribution in [0, 0.1) is 13.8 Å². The van der Waals surface area contributed by atoms with Gasteiger partial charge in [0.05, 0.1) is 23.4 Å². The first-order chi connectivity index (χ1) is 16.1. The highest BCUT2D eigenvalue weighted by atomic mass is 16.5. The van der Waals surface area contributed by atoms with E-state index in [-0.39, 0.29) is 12.3 Å². The van der Waals surface area contributed by atoms with E-state index in [9.17, 15) is 4.79 Å². The maximum atomic E-state index is 12.5. The third-order valence-corrected chi connectivity index (χ3v) is 5.08. The SMILES string of the molecule is Cc1noc(C)c1COc1ccc(CC(=O)Nc2cccc(OCc3ccccn3)c2)cc1. The molecule has 0 saturated heterocycles. The van der Waals surface area contributed by atoms with Gasteiger partial charge in [-0.25, -0.2) is 0 Å². The van der Waals surface area contributed by atoms with Crippen molar-refractivity contribution in [2.45, 2.75) is 33.5 Å². The van der Waals surface area contributed by atoms with Crippen molar-refractivity contribution in [1.82, 2.24) is 10.1 Å². The van der Waals surface area contributed by atoms with E-state index < -0.39 is 0 Å². The fourth-order valence-electron chi connectivity index (χ4n) is 3.26. The van der Waals surface area contributed by atoms with Gasteiger partial charge in [0.25, 0.3) is 0 Å². The molecule has 7 nitrogen and oxygen atoms in total. The Hall–Kier alpha value is -4.13. The summed E-state index contributed by atoms with van der Waals surface area (Å²) in [5.41, 5.74) is 4.18. The Labute approximate surface area is 192 Å². The molecule has 7 heteroatoms. The number of nitrogens with one attached hydrogen (secondary N) is 1. The zero-order valence-electron chi connectivity index (χ0n) is 18.6. The minimum absolute atomic E-state index is 0.110. The maximum absolute atomic E-state index is 12.5. The van der Waals surface area contributed by atoms with Gasteiger partial charge in [-0.1, -0.05) is 29.4 Å². The Kier molecular flexibility index (Phi) is 6.99. The van der Waals surface area contributed by atoms with Gasteiger partial charge in [-0.2, -0.15) is 0 Å². The molecular weight excluding hydrogens is 418 g/mol. The van der Waals surface area contributed by atoms with Crippen molar-refractivity contribution in [2.24, 2.45) is 0 Å². The van der Waals surface area contributed by atoms with Gasteiger partial charge in [-0.05, 0) is 55.8 Å². The van der Waals surface area contributed by atoms with E-state index in [0.29, 0.717) is 24.7 Å². The average molecular weight is 444 g/mol. The third-order valence-electron chi connectivity index (χ3n) is 5.08. The molecule has 168 valence electrons. The molecule has 0 radical (unpaired) electrons. The highest BCUT2D eigenvalue weighted by Crippen LogP contribution is 2.20. The van der Waals surface area contributed by atoms with Crippen LogP contribution in [0.3, 0.4) is 0 Å². The average Bonchev–Trinajstić information content (AvgIpc) is 3.15. The molecule has 4 rings (SSSR count). The summed E-state index contributed by atoms with van der Waals surface area (Å²) in [6.07, 6.45) is 1.98. The van der Waals surface area contributed by atoms with Crippen molar-refractivity contribution >= 4 is 11.6 Å². The number of ether oxygens (including phenoxy) is 2. The van der Waals surface area contributed by atoms with Crippen LogP contribution in [0.25, 0.3) is 0 Å². The third kappa shape index (κ3) is 6.20. The predicted molar refractivity (Wildman–Crippen MR) is 124 cm³/mol. The van der Waals surface area contributed by atoms with Gasteiger partial charge in [0.1, 0.15) is 30.5 Å². The number of aryl methyl sites for hydroxylation is 2. The molecule has 0 atom stereocenters. The van der Waals surface area contributed by atoms with Gasteiger partial charge >= 0.3 is 0 Å². The Morgan fingerprint density at radius 3 is 2.48 bits per heavy atom. The Balaban J connectivity index is 1.28. The quantitative estimate of drug-likeness (QED) is 0.391. The van der Waals surface area contributed by atoms with Crippen molar-refractivity contribution in [3.8, 4) is 11.5 Å². The molecule has 0 bridgehead atoms. The lowest BCUT2D eigenvalue weighted by Gasteiger charge is -2.10. The van der Waals surface area contributed by atoms with E-state index in [2.05, 4.69) is 15.5 Å². The van der Waals surface area contributed by atoms with Gasteiger partial charge in [0, 0.05) is 18.0 Å². The molecule has 2 heterocycles. The molecule has 0 aliphatic heterocycles. The standard InChI is InChI=1S/C26H25N3O4/c1-18-25(19(2)33-29-18)17-32-23-11-9-20(10-12-23)14-26(30)28-21-7-5-8-24(15-21)31-16-22-6-3-4-13-27-22/h3-13,15H,14,16-17H2,1-2H3,(H,28,30). The predicted octanol–water partition coefficient (Wildman–Crippen LogP) is 5.03. The summed E-state index contributed by atoms with van der Waals surface area (Å²) in [7, 11) is 0. The lowest BCUT2D eigenvalue weighted by molar-refractivity contribution is -0.115. The molecule has 0 saturated carbocycles. The molecule has 0 aliphatic rings. The van der Waals surface area contributed by atoms with E-state index in [1.54, 1.807) is 12.3 Å². The van der Waals surface area contributed by atoms with E-state index in [4.69, 9.17) is 14.0 Å². The van der Waals surface area contributed by atoms with Crippen molar-refractivity contribution in [3.63, 3.8) is 0 Å². The smallest absolute Gasteiger partial charge is 0.228 e. The van der Waals surface area contributed by atoms with Gasteiger partial charge < -0.3 is 19.3 Å². The molecule has 0 spiro atoms.